The third-order valence-corrected chi connectivity index (χ3v) is 4.71. The molecule has 3 aromatic rings. The van der Waals surface area contributed by atoms with Gasteiger partial charge in [0, 0.05) is 14.0 Å². The first-order valence-electron chi connectivity index (χ1n) is 7.16. The Morgan fingerprint density at radius 2 is 2.00 bits per heavy atom. The molecule has 14 heteroatoms. The molecule has 3 heterocycles. The van der Waals surface area contributed by atoms with Crippen LogP contribution >= 0.6 is 23.1 Å². The summed E-state index contributed by atoms with van der Waals surface area (Å²) in [5, 5.41) is 29.9. The number of carbonyl (C=O) groups is 2. The van der Waals surface area contributed by atoms with Crippen molar-refractivity contribution in [2.45, 2.75) is 19.0 Å². The molecule has 136 valence electrons. The van der Waals surface area contributed by atoms with Crippen molar-refractivity contribution in [1.82, 2.24) is 35.3 Å². The third-order valence-electron chi connectivity index (χ3n) is 2.93. The Kier molecular flexibility index (Phi) is 5.22. The van der Waals surface area contributed by atoms with Gasteiger partial charge in [0.05, 0.1) is 5.75 Å². The maximum absolute atomic E-state index is 12.0. The van der Waals surface area contributed by atoms with Gasteiger partial charge in [-0.2, -0.15) is 0 Å². The van der Waals surface area contributed by atoms with E-state index in [0.29, 0.717) is 16.1 Å². The molecule has 0 aliphatic carbocycles. The number of aromatic nitrogens is 7. The van der Waals surface area contributed by atoms with Gasteiger partial charge in [-0.15, -0.1) is 20.4 Å². The Balaban J connectivity index is 1.67. The molecule has 0 aliphatic heterocycles. The lowest BCUT2D eigenvalue weighted by Gasteiger charge is -2.03. The molecule has 3 rings (SSSR count). The Labute approximate surface area is 154 Å². The lowest BCUT2D eigenvalue weighted by atomic mass is 10.4. The SMILES string of the molecule is CC(=O)Nc1nonc1-c1nnc(SCC(=O)Nc2nnc(C)s2)n1C. The second-order valence-corrected chi connectivity index (χ2v) is 7.10. The molecular formula is C12H13N9O3S2. The fourth-order valence-corrected chi connectivity index (χ4v) is 3.18. The smallest absolute Gasteiger partial charge is 0.236 e. The molecule has 3 aromatic heterocycles. The summed E-state index contributed by atoms with van der Waals surface area (Å²) in [7, 11) is 1.70. The van der Waals surface area contributed by atoms with E-state index in [9.17, 15) is 9.59 Å². The molecule has 0 spiro atoms. The van der Waals surface area contributed by atoms with E-state index >= 15 is 0 Å². The normalized spacial score (nSPS) is 10.7. The van der Waals surface area contributed by atoms with Gasteiger partial charge >= 0.3 is 0 Å². The van der Waals surface area contributed by atoms with Gasteiger partial charge in [-0.25, -0.2) is 4.63 Å². The van der Waals surface area contributed by atoms with Crippen molar-refractivity contribution in [2.24, 2.45) is 7.05 Å². The number of nitrogens with zero attached hydrogens (tertiary/aromatic N) is 7. The molecule has 26 heavy (non-hydrogen) atoms. The van der Waals surface area contributed by atoms with Crippen LogP contribution in [-0.4, -0.2) is 52.8 Å². The van der Waals surface area contributed by atoms with Crippen LogP contribution in [0.25, 0.3) is 11.5 Å². The average Bonchev–Trinajstić information content (AvgIpc) is 3.27. The molecule has 2 N–H and O–H groups in total. The van der Waals surface area contributed by atoms with Gasteiger partial charge < -0.3 is 9.88 Å². The van der Waals surface area contributed by atoms with Crippen LogP contribution in [0.4, 0.5) is 10.9 Å². The number of aryl methyl sites for hydroxylation is 1. The lowest BCUT2D eigenvalue weighted by molar-refractivity contribution is -0.114. The van der Waals surface area contributed by atoms with E-state index in [4.69, 9.17) is 0 Å². The van der Waals surface area contributed by atoms with Crippen molar-refractivity contribution in [3.63, 3.8) is 0 Å². The first kappa shape index (κ1) is 17.9. The zero-order chi connectivity index (χ0) is 18.7. The van der Waals surface area contributed by atoms with Crippen molar-refractivity contribution in [2.75, 3.05) is 16.4 Å². The van der Waals surface area contributed by atoms with Crippen molar-refractivity contribution >= 4 is 45.9 Å². The van der Waals surface area contributed by atoms with Gasteiger partial charge in [0.15, 0.2) is 16.7 Å². The summed E-state index contributed by atoms with van der Waals surface area (Å²) in [5.74, 6) is 0.0480. The van der Waals surface area contributed by atoms with Crippen LogP contribution in [0, 0.1) is 6.92 Å². The van der Waals surface area contributed by atoms with Crippen molar-refractivity contribution in [1.29, 1.82) is 0 Å². The molecule has 12 nitrogen and oxygen atoms in total. The standard InChI is InChI=1S/C12H13N9O3S2/c1-5(22)13-9-8(19-24-20-9)10-16-18-12(21(10)3)25-4-7(23)14-11-17-15-6(2)26-11/h4H2,1-3H3,(H,13,20,22)(H,14,17,23). The van der Waals surface area contributed by atoms with Gasteiger partial charge in [-0.05, 0) is 17.2 Å². The number of rotatable bonds is 6. The highest BCUT2D eigenvalue weighted by Crippen LogP contribution is 2.26. The quantitative estimate of drug-likeness (QED) is 0.570. The van der Waals surface area contributed by atoms with Crippen LogP contribution in [0.1, 0.15) is 11.9 Å². The molecule has 0 atom stereocenters. The Bertz CT molecular complexity index is 948. The fraction of sp³-hybridized carbons (Fsp3) is 0.333. The molecule has 0 fully saturated rings. The molecule has 2 amide bonds. The van der Waals surface area contributed by atoms with E-state index in [1.165, 1.54) is 30.0 Å². The van der Waals surface area contributed by atoms with Crippen molar-refractivity contribution in [3.05, 3.63) is 5.01 Å². The minimum Gasteiger partial charge on any atom is -0.306 e. The topological polar surface area (TPSA) is 154 Å². The van der Waals surface area contributed by atoms with Crippen LogP contribution in [0.5, 0.6) is 0 Å². The van der Waals surface area contributed by atoms with Crippen LogP contribution in [-0.2, 0) is 16.6 Å². The zero-order valence-corrected chi connectivity index (χ0v) is 15.5. The van der Waals surface area contributed by atoms with E-state index in [2.05, 4.69) is 46.0 Å². The molecular weight excluding hydrogens is 382 g/mol. The van der Waals surface area contributed by atoms with E-state index in [-0.39, 0.29) is 29.1 Å². The second kappa shape index (κ2) is 7.57. The summed E-state index contributed by atoms with van der Waals surface area (Å²) in [5.41, 5.74) is 0.246. The van der Waals surface area contributed by atoms with Crippen molar-refractivity contribution in [3.8, 4) is 11.5 Å². The maximum Gasteiger partial charge on any atom is 0.236 e. The summed E-state index contributed by atoms with van der Waals surface area (Å²) >= 11 is 2.48. The zero-order valence-electron chi connectivity index (χ0n) is 13.9. The number of hydrogen-bond acceptors (Lipinski definition) is 11. The highest BCUT2D eigenvalue weighted by atomic mass is 32.2. The number of amides is 2. The van der Waals surface area contributed by atoms with Crippen LogP contribution < -0.4 is 10.6 Å². The average molecular weight is 395 g/mol. The van der Waals surface area contributed by atoms with Gasteiger partial charge in [-0.3, -0.25) is 14.9 Å². The fourth-order valence-electron chi connectivity index (χ4n) is 1.86. The predicted octanol–water partition coefficient (Wildman–Crippen LogP) is 0.714. The predicted molar refractivity (Wildman–Crippen MR) is 92.6 cm³/mol. The Morgan fingerprint density at radius 3 is 2.69 bits per heavy atom. The summed E-state index contributed by atoms with van der Waals surface area (Å²) in [6.07, 6.45) is 0. The monoisotopic (exact) mass is 395 g/mol. The number of thioether (sulfide) groups is 1. The molecule has 0 aliphatic rings. The highest BCUT2D eigenvalue weighted by Gasteiger charge is 2.21. The highest BCUT2D eigenvalue weighted by molar-refractivity contribution is 7.99. The number of hydrogen-bond donors (Lipinski definition) is 2. The first-order valence-corrected chi connectivity index (χ1v) is 8.97. The summed E-state index contributed by atoms with van der Waals surface area (Å²) in [6, 6.07) is 0. The van der Waals surface area contributed by atoms with Gasteiger partial charge in [0.1, 0.15) is 5.01 Å². The molecule has 0 saturated carbocycles. The molecule has 0 bridgehead atoms. The van der Waals surface area contributed by atoms with Crippen molar-refractivity contribution < 1.29 is 14.2 Å². The van der Waals surface area contributed by atoms with Crippen LogP contribution in [0.3, 0.4) is 0 Å². The summed E-state index contributed by atoms with van der Waals surface area (Å²) in [6.45, 7) is 3.14. The minimum atomic E-state index is -0.317. The van der Waals surface area contributed by atoms with E-state index < -0.39 is 0 Å². The van der Waals surface area contributed by atoms with E-state index in [1.807, 2.05) is 0 Å². The summed E-state index contributed by atoms with van der Waals surface area (Å²) in [4.78, 5) is 23.2. The van der Waals surface area contributed by atoms with Gasteiger partial charge in [-0.1, -0.05) is 23.1 Å². The van der Waals surface area contributed by atoms with Gasteiger partial charge in [0.25, 0.3) is 0 Å². The largest absolute Gasteiger partial charge is 0.306 e. The van der Waals surface area contributed by atoms with E-state index in [1.54, 1.807) is 18.5 Å². The van der Waals surface area contributed by atoms with Crippen LogP contribution in [0.2, 0.25) is 0 Å². The first-order chi connectivity index (χ1) is 12.4. The van der Waals surface area contributed by atoms with Gasteiger partial charge in [0.2, 0.25) is 22.8 Å². The Morgan fingerprint density at radius 1 is 1.19 bits per heavy atom. The lowest BCUT2D eigenvalue weighted by Crippen LogP contribution is -2.14. The number of anilines is 2. The molecule has 0 unspecified atom stereocenters. The Hall–Kier alpha value is -2.87. The molecule has 0 aromatic carbocycles. The third kappa shape index (κ3) is 4.02. The van der Waals surface area contributed by atoms with Crippen LogP contribution in [0.15, 0.2) is 9.79 Å². The number of carbonyl (C=O) groups excluding carboxylic acids is 2. The molecule has 0 saturated heterocycles. The van der Waals surface area contributed by atoms with E-state index in [0.717, 1.165) is 5.01 Å². The summed E-state index contributed by atoms with van der Waals surface area (Å²) < 4.78 is 6.28. The minimum absolute atomic E-state index is 0.111. The molecule has 0 radical (unpaired) electrons. The number of nitrogens with one attached hydrogen (secondary N) is 2. The maximum atomic E-state index is 12.0. The second-order valence-electron chi connectivity index (χ2n) is 4.97.